The van der Waals surface area contributed by atoms with E-state index in [4.69, 9.17) is 5.73 Å². The molecule has 0 bridgehead atoms. The summed E-state index contributed by atoms with van der Waals surface area (Å²) in [5, 5.41) is 0. The highest BCUT2D eigenvalue weighted by Gasteiger charge is 2.28. The first-order valence-electron chi connectivity index (χ1n) is 4.69. The summed E-state index contributed by atoms with van der Waals surface area (Å²) in [7, 11) is 0. The second kappa shape index (κ2) is 4.05. The molecule has 1 rings (SSSR count). The second-order valence-corrected chi connectivity index (χ2v) is 3.49. The first-order chi connectivity index (χ1) is 6.53. The molecule has 0 aliphatic rings. The lowest BCUT2D eigenvalue weighted by Crippen LogP contribution is -2.29. The molecule has 0 amide bonds. The summed E-state index contributed by atoms with van der Waals surface area (Å²) < 4.78 is 27.0. The molecule has 0 fully saturated rings. The SMILES string of the molecule is CCC(F)(CN)c1ccc(F)c(C)c1. The van der Waals surface area contributed by atoms with Gasteiger partial charge in [0.15, 0.2) is 0 Å². The molecule has 1 aromatic carbocycles. The van der Waals surface area contributed by atoms with Crippen molar-refractivity contribution in [1.29, 1.82) is 0 Å². The second-order valence-electron chi connectivity index (χ2n) is 3.49. The summed E-state index contributed by atoms with van der Waals surface area (Å²) in [5.41, 5.74) is 4.75. The van der Waals surface area contributed by atoms with Crippen molar-refractivity contribution < 1.29 is 8.78 Å². The fourth-order valence-corrected chi connectivity index (χ4v) is 1.39. The fraction of sp³-hybridized carbons (Fsp3) is 0.455. The molecular formula is C11H15F2N. The highest BCUT2D eigenvalue weighted by molar-refractivity contribution is 5.29. The number of hydrogen-bond acceptors (Lipinski definition) is 1. The minimum absolute atomic E-state index is 0.0748. The van der Waals surface area contributed by atoms with E-state index in [1.54, 1.807) is 13.8 Å². The summed E-state index contributed by atoms with van der Waals surface area (Å²) in [6.45, 7) is 3.27. The van der Waals surface area contributed by atoms with E-state index in [1.807, 2.05) is 0 Å². The zero-order valence-electron chi connectivity index (χ0n) is 8.48. The summed E-state index contributed by atoms with van der Waals surface area (Å²) in [4.78, 5) is 0. The van der Waals surface area contributed by atoms with Crippen LogP contribution in [0.3, 0.4) is 0 Å². The van der Waals surface area contributed by atoms with Gasteiger partial charge in [-0.2, -0.15) is 0 Å². The van der Waals surface area contributed by atoms with Gasteiger partial charge in [0, 0.05) is 6.54 Å². The first-order valence-corrected chi connectivity index (χ1v) is 4.69. The zero-order valence-corrected chi connectivity index (χ0v) is 8.48. The van der Waals surface area contributed by atoms with Crippen LogP contribution < -0.4 is 5.73 Å². The summed E-state index contributed by atoms with van der Waals surface area (Å²) in [6.07, 6.45) is 0.300. The van der Waals surface area contributed by atoms with Crippen LogP contribution in [-0.4, -0.2) is 6.54 Å². The topological polar surface area (TPSA) is 26.0 Å². The van der Waals surface area contributed by atoms with Crippen molar-refractivity contribution in [1.82, 2.24) is 0 Å². The van der Waals surface area contributed by atoms with Crippen molar-refractivity contribution >= 4 is 0 Å². The molecule has 0 aliphatic heterocycles. The molecule has 0 saturated carbocycles. The Bertz CT molecular complexity index is 319. The van der Waals surface area contributed by atoms with Gasteiger partial charge in [-0.1, -0.05) is 13.0 Å². The molecule has 2 N–H and O–H groups in total. The van der Waals surface area contributed by atoms with E-state index in [1.165, 1.54) is 18.2 Å². The predicted molar refractivity (Wildman–Crippen MR) is 53.3 cm³/mol. The van der Waals surface area contributed by atoms with Crippen LogP contribution in [0.25, 0.3) is 0 Å². The van der Waals surface area contributed by atoms with Crippen molar-refractivity contribution in [2.75, 3.05) is 6.54 Å². The van der Waals surface area contributed by atoms with Gasteiger partial charge in [-0.15, -0.1) is 0 Å². The quantitative estimate of drug-likeness (QED) is 0.795. The van der Waals surface area contributed by atoms with Gasteiger partial charge in [-0.3, -0.25) is 0 Å². The van der Waals surface area contributed by atoms with Gasteiger partial charge < -0.3 is 5.73 Å². The molecular weight excluding hydrogens is 184 g/mol. The zero-order chi connectivity index (χ0) is 10.8. The number of benzene rings is 1. The van der Waals surface area contributed by atoms with Gasteiger partial charge in [0.1, 0.15) is 11.5 Å². The Balaban J connectivity index is 3.12. The van der Waals surface area contributed by atoms with E-state index in [9.17, 15) is 8.78 Å². The third-order valence-corrected chi connectivity index (χ3v) is 2.56. The molecule has 0 saturated heterocycles. The van der Waals surface area contributed by atoms with Gasteiger partial charge in [-0.05, 0) is 36.6 Å². The lowest BCUT2D eigenvalue weighted by Gasteiger charge is -2.22. The molecule has 1 unspecified atom stereocenters. The number of halogens is 2. The molecule has 14 heavy (non-hydrogen) atoms. The minimum atomic E-state index is -1.53. The molecule has 0 aromatic heterocycles. The van der Waals surface area contributed by atoms with Gasteiger partial charge in [-0.25, -0.2) is 8.78 Å². The van der Waals surface area contributed by atoms with Crippen LogP contribution in [0.4, 0.5) is 8.78 Å². The van der Waals surface area contributed by atoms with Gasteiger partial charge in [0.2, 0.25) is 0 Å². The van der Waals surface area contributed by atoms with E-state index in [0.717, 1.165) is 0 Å². The van der Waals surface area contributed by atoms with Crippen molar-refractivity contribution in [2.24, 2.45) is 5.73 Å². The largest absolute Gasteiger partial charge is 0.327 e. The molecule has 0 aliphatic carbocycles. The summed E-state index contributed by atoms with van der Waals surface area (Å²) in [5.74, 6) is -0.316. The van der Waals surface area contributed by atoms with Crippen LogP contribution in [0.15, 0.2) is 18.2 Å². The Morgan fingerprint density at radius 2 is 2.07 bits per heavy atom. The van der Waals surface area contributed by atoms with Crippen LogP contribution in [-0.2, 0) is 5.67 Å². The normalized spacial score (nSPS) is 15.2. The van der Waals surface area contributed by atoms with E-state index in [0.29, 0.717) is 17.5 Å². The lowest BCUT2D eigenvalue weighted by atomic mass is 9.92. The molecule has 1 nitrogen and oxygen atoms in total. The minimum Gasteiger partial charge on any atom is -0.327 e. The van der Waals surface area contributed by atoms with E-state index >= 15 is 0 Å². The third kappa shape index (κ3) is 1.93. The third-order valence-electron chi connectivity index (χ3n) is 2.56. The number of nitrogens with two attached hydrogens (primary N) is 1. The average Bonchev–Trinajstić information content (AvgIpc) is 2.21. The monoisotopic (exact) mass is 199 g/mol. The Morgan fingerprint density at radius 1 is 1.43 bits per heavy atom. The van der Waals surface area contributed by atoms with Gasteiger partial charge >= 0.3 is 0 Å². The lowest BCUT2D eigenvalue weighted by molar-refractivity contribution is 0.168. The molecule has 0 spiro atoms. The van der Waals surface area contributed by atoms with Crippen LogP contribution >= 0.6 is 0 Å². The highest BCUT2D eigenvalue weighted by Crippen LogP contribution is 2.29. The molecule has 0 heterocycles. The van der Waals surface area contributed by atoms with Crippen LogP contribution in [0, 0.1) is 12.7 Å². The van der Waals surface area contributed by atoms with Crippen LogP contribution in [0.1, 0.15) is 24.5 Å². The number of alkyl halides is 1. The fourth-order valence-electron chi connectivity index (χ4n) is 1.39. The number of aryl methyl sites for hydroxylation is 1. The first kappa shape index (κ1) is 11.1. The summed E-state index contributed by atoms with van der Waals surface area (Å²) in [6, 6.07) is 4.26. The maximum atomic E-state index is 14.0. The highest BCUT2D eigenvalue weighted by atomic mass is 19.1. The Hall–Kier alpha value is -0.960. The number of rotatable bonds is 3. The number of hydrogen-bond donors (Lipinski definition) is 1. The van der Waals surface area contributed by atoms with Crippen molar-refractivity contribution in [3.8, 4) is 0 Å². The summed E-state index contributed by atoms with van der Waals surface area (Å²) >= 11 is 0. The predicted octanol–water partition coefficient (Wildman–Crippen LogP) is 2.67. The van der Waals surface area contributed by atoms with E-state index in [2.05, 4.69) is 0 Å². The average molecular weight is 199 g/mol. The van der Waals surface area contributed by atoms with Crippen LogP contribution in [0.5, 0.6) is 0 Å². The maximum absolute atomic E-state index is 14.0. The standard InChI is InChI=1S/C11H15F2N/c1-3-11(13,7-14)9-4-5-10(12)8(2)6-9/h4-6H,3,7,14H2,1-2H3. The molecule has 0 radical (unpaired) electrons. The molecule has 1 atom stereocenters. The maximum Gasteiger partial charge on any atom is 0.147 e. The van der Waals surface area contributed by atoms with Gasteiger partial charge in [0.25, 0.3) is 0 Å². The van der Waals surface area contributed by atoms with Crippen molar-refractivity contribution in [3.05, 3.63) is 35.1 Å². The van der Waals surface area contributed by atoms with E-state index < -0.39 is 5.67 Å². The van der Waals surface area contributed by atoms with Gasteiger partial charge in [0.05, 0.1) is 0 Å². The Labute approximate surface area is 82.9 Å². The smallest absolute Gasteiger partial charge is 0.147 e. The molecule has 78 valence electrons. The molecule has 3 heteroatoms. The van der Waals surface area contributed by atoms with Crippen LogP contribution in [0.2, 0.25) is 0 Å². The van der Waals surface area contributed by atoms with E-state index in [-0.39, 0.29) is 12.4 Å². The Morgan fingerprint density at radius 3 is 2.50 bits per heavy atom. The Kier molecular flexibility index (Phi) is 3.21. The molecule has 1 aromatic rings. The van der Waals surface area contributed by atoms with Crippen molar-refractivity contribution in [3.63, 3.8) is 0 Å². The van der Waals surface area contributed by atoms with Crippen molar-refractivity contribution in [2.45, 2.75) is 25.9 Å².